The smallest absolute Gasteiger partial charge is 0.305 e. The van der Waals surface area contributed by atoms with Crippen molar-refractivity contribution in [1.82, 2.24) is 0 Å². The zero-order valence-electron chi connectivity index (χ0n) is 20.2. The Kier molecular flexibility index (Phi) is 19.9. The van der Waals surface area contributed by atoms with Crippen LogP contribution in [0.1, 0.15) is 137 Å². The van der Waals surface area contributed by atoms with Crippen LogP contribution in [0.4, 0.5) is 0 Å². The van der Waals surface area contributed by atoms with E-state index in [4.69, 9.17) is 4.74 Å². The standard InChI is InChI=1S/C26H51BrO2/c1-5-7-9-11-13-17-24(18-14-12-10-8-6-2)23-29-25(28)19-21-26(3,4)20-15-16-22-27/h24H,5-23H2,1-4H3. The normalized spacial score (nSPS) is 11.9. The molecule has 0 radical (unpaired) electrons. The molecule has 0 aliphatic carbocycles. The Bertz CT molecular complexity index is 354. The highest BCUT2D eigenvalue weighted by Gasteiger charge is 2.20. The predicted octanol–water partition coefficient (Wildman–Crippen LogP) is 9.24. The minimum absolute atomic E-state index is 0.0144. The van der Waals surface area contributed by atoms with Gasteiger partial charge < -0.3 is 4.74 Å². The SMILES string of the molecule is CCCCCCCC(CCCCCCC)COC(=O)CCC(C)(C)CCCCBr. The zero-order valence-corrected chi connectivity index (χ0v) is 21.8. The lowest BCUT2D eigenvalue weighted by Crippen LogP contribution is -2.18. The summed E-state index contributed by atoms with van der Waals surface area (Å²) in [5, 5.41) is 1.07. The summed E-state index contributed by atoms with van der Waals surface area (Å²) >= 11 is 3.50. The summed E-state index contributed by atoms with van der Waals surface area (Å²) in [7, 11) is 0. The molecule has 3 heteroatoms. The molecule has 29 heavy (non-hydrogen) atoms. The Morgan fingerprint density at radius 2 is 1.34 bits per heavy atom. The molecule has 0 aromatic rings. The minimum Gasteiger partial charge on any atom is -0.465 e. The van der Waals surface area contributed by atoms with Crippen molar-refractivity contribution in [3.63, 3.8) is 0 Å². The van der Waals surface area contributed by atoms with Gasteiger partial charge >= 0.3 is 5.97 Å². The van der Waals surface area contributed by atoms with E-state index >= 15 is 0 Å². The quantitative estimate of drug-likeness (QED) is 0.0939. The van der Waals surface area contributed by atoms with Crippen molar-refractivity contribution >= 4 is 21.9 Å². The fourth-order valence-corrected chi connectivity index (χ4v) is 4.33. The number of ether oxygens (including phenoxy) is 1. The molecule has 0 amide bonds. The summed E-state index contributed by atoms with van der Waals surface area (Å²) in [4.78, 5) is 12.3. The van der Waals surface area contributed by atoms with Gasteiger partial charge in [0.15, 0.2) is 0 Å². The number of alkyl halides is 1. The third-order valence-corrected chi connectivity index (χ3v) is 6.72. The van der Waals surface area contributed by atoms with Gasteiger partial charge in [0.05, 0.1) is 6.61 Å². The van der Waals surface area contributed by atoms with Crippen molar-refractivity contribution in [1.29, 1.82) is 0 Å². The predicted molar refractivity (Wildman–Crippen MR) is 132 cm³/mol. The topological polar surface area (TPSA) is 26.3 Å². The van der Waals surface area contributed by atoms with Crippen LogP contribution in [0.25, 0.3) is 0 Å². The molecule has 0 heterocycles. The highest BCUT2D eigenvalue weighted by molar-refractivity contribution is 9.09. The van der Waals surface area contributed by atoms with E-state index in [1.165, 1.54) is 96.3 Å². The number of rotatable bonds is 21. The van der Waals surface area contributed by atoms with Gasteiger partial charge in [0.25, 0.3) is 0 Å². The number of hydrogen-bond acceptors (Lipinski definition) is 2. The lowest BCUT2D eigenvalue weighted by atomic mass is 9.83. The van der Waals surface area contributed by atoms with E-state index in [9.17, 15) is 4.79 Å². The first-order chi connectivity index (χ1) is 13.9. The van der Waals surface area contributed by atoms with Crippen LogP contribution in [0, 0.1) is 11.3 Å². The van der Waals surface area contributed by atoms with E-state index < -0.39 is 0 Å². The van der Waals surface area contributed by atoms with Crippen LogP contribution < -0.4 is 0 Å². The van der Waals surface area contributed by atoms with Crippen molar-refractivity contribution in [3.8, 4) is 0 Å². The molecule has 0 aliphatic heterocycles. The summed E-state index contributed by atoms with van der Waals surface area (Å²) in [6, 6.07) is 0. The first-order valence-corrected chi connectivity index (χ1v) is 13.8. The van der Waals surface area contributed by atoms with Crippen LogP contribution >= 0.6 is 15.9 Å². The van der Waals surface area contributed by atoms with Crippen LogP contribution in [0.2, 0.25) is 0 Å². The fraction of sp³-hybridized carbons (Fsp3) is 0.962. The van der Waals surface area contributed by atoms with Crippen molar-refractivity contribution in [2.75, 3.05) is 11.9 Å². The molecule has 0 fully saturated rings. The van der Waals surface area contributed by atoms with Gasteiger partial charge in [-0.25, -0.2) is 0 Å². The molecular formula is C26H51BrO2. The second kappa shape index (κ2) is 19.9. The number of esters is 1. The van der Waals surface area contributed by atoms with Gasteiger partial charge in [-0.2, -0.15) is 0 Å². The first-order valence-electron chi connectivity index (χ1n) is 12.7. The average molecular weight is 476 g/mol. The van der Waals surface area contributed by atoms with Crippen molar-refractivity contribution in [2.24, 2.45) is 11.3 Å². The maximum Gasteiger partial charge on any atom is 0.305 e. The van der Waals surface area contributed by atoms with E-state index in [2.05, 4.69) is 43.6 Å². The molecule has 174 valence electrons. The number of carbonyl (C=O) groups is 1. The minimum atomic E-state index is 0.0144. The number of carbonyl (C=O) groups excluding carboxylic acids is 1. The molecule has 0 aliphatic rings. The summed E-state index contributed by atoms with van der Waals surface area (Å²) in [6.07, 6.45) is 20.8. The third kappa shape index (κ3) is 19.6. The Labute approximate surface area is 191 Å². The van der Waals surface area contributed by atoms with Crippen LogP contribution in [0.3, 0.4) is 0 Å². The second-order valence-corrected chi connectivity index (χ2v) is 10.6. The Morgan fingerprint density at radius 1 is 0.793 bits per heavy atom. The summed E-state index contributed by atoms with van der Waals surface area (Å²) in [6.45, 7) is 9.74. The monoisotopic (exact) mass is 474 g/mol. The molecule has 0 saturated carbocycles. The number of halogens is 1. The number of hydrogen-bond donors (Lipinski definition) is 0. The molecule has 0 saturated heterocycles. The molecule has 0 N–H and O–H groups in total. The van der Waals surface area contributed by atoms with Crippen LogP contribution in [0.5, 0.6) is 0 Å². The van der Waals surface area contributed by atoms with E-state index in [1.807, 2.05) is 0 Å². The molecular weight excluding hydrogens is 424 g/mol. The maximum absolute atomic E-state index is 12.3. The van der Waals surface area contributed by atoms with Gasteiger partial charge in [0.2, 0.25) is 0 Å². The molecule has 0 aromatic heterocycles. The summed E-state index contributed by atoms with van der Waals surface area (Å²) < 4.78 is 5.74. The van der Waals surface area contributed by atoms with E-state index in [-0.39, 0.29) is 11.4 Å². The highest BCUT2D eigenvalue weighted by atomic mass is 79.9. The van der Waals surface area contributed by atoms with Gasteiger partial charge in [-0.05, 0) is 43.4 Å². The first kappa shape index (κ1) is 28.9. The Morgan fingerprint density at radius 3 is 1.86 bits per heavy atom. The highest BCUT2D eigenvalue weighted by Crippen LogP contribution is 2.29. The van der Waals surface area contributed by atoms with Crippen molar-refractivity contribution in [2.45, 2.75) is 137 Å². The summed E-state index contributed by atoms with van der Waals surface area (Å²) in [5.74, 6) is 0.578. The van der Waals surface area contributed by atoms with Gasteiger partial charge in [-0.1, -0.05) is 114 Å². The van der Waals surface area contributed by atoms with Crippen LogP contribution in [0.15, 0.2) is 0 Å². The van der Waals surface area contributed by atoms with E-state index in [0.717, 1.165) is 11.8 Å². The molecule has 0 bridgehead atoms. The van der Waals surface area contributed by atoms with Gasteiger partial charge in [-0.3, -0.25) is 4.79 Å². The molecule has 0 spiro atoms. The zero-order chi connectivity index (χ0) is 21.8. The van der Waals surface area contributed by atoms with Crippen molar-refractivity contribution in [3.05, 3.63) is 0 Å². The Balaban J connectivity index is 4.18. The van der Waals surface area contributed by atoms with Crippen LogP contribution in [-0.4, -0.2) is 17.9 Å². The van der Waals surface area contributed by atoms with Gasteiger partial charge in [-0.15, -0.1) is 0 Å². The van der Waals surface area contributed by atoms with Gasteiger partial charge in [0, 0.05) is 11.8 Å². The molecule has 0 unspecified atom stereocenters. The summed E-state index contributed by atoms with van der Waals surface area (Å²) in [5.41, 5.74) is 0.235. The Hall–Kier alpha value is -0.0500. The second-order valence-electron chi connectivity index (χ2n) is 9.77. The maximum atomic E-state index is 12.3. The fourth-order valence-electron chi connectivity index (χ4n) is 3.93. The molecule has 0 aromatic carbocycles. The molecule has 0 atom stereocenters. The largest absolute Gasteiger partial charge is 0.465 e. The van der Waals surface area contributed by atoms with Crippen molar-refractivity contribution < 1.29 is 9.53 Å². The molecule has 2 nitrogen and oxygen atoms in total. The number of unbranched alkanes of at least 4 members (excludes halogenated alkanes) is 9. The van der Waals surface area contributed by atoms with E-state index in [0.29, 0.717) is 18.9 Å². The lowest BCUT2D eigenvalue weighted by Gasteiger charge is -2.24. The average Bonchev–Trinajstić information content (AvgIpc) is 2.69. The van der Waals surface area contributed by atoms with E-state index in [1.54, 1.807) is 0 Å². The lowest BCUT2D eigenvalue weighted by molar-refractivity contribution is -0.145. The third-order valence-electron chi connectivity index (χ3n) is 6.15. The van der Waals surface area contributed by atoms with Crippen LogP contribution in [-0.2, 0) is 9.53 Å². The molecule has 0 rings (SSSR count). The van der Waals surface area contributed by atoms with Gasteiger partial charge in [0.1, 0.15) is 0 Å².